The number of carbonyl (C=O) groups is 3. The van der Waals surface area contributed by atoms with Gasteiger partial charge in [0.2, 0.25) is 11.8 Å². The molecule has 34 heavy (non-hydrogen) atoms. The Kier molecular flexibility index (Phi) is 6.95. The molecular weight excluding hydrogens is 476 g/mol. The average molecular weight is 505 g/mol. The number of nitrogens with one attached hydrogen (secondary N) is 1. The number of aromatic nitrogens is 2. The molecule has 4 aliphatic rings. The Morgan fingerprint density at radius 2 is 2.15 bits per heavy atom. The van der Waals surface area contributed by atoms with Crippen molar-refractivity contribution < 1.29 is 19.1 Å². The van der Waals surface area contributed by atoms with Crippen molar-refractivity contribution in [3.63, 3.8) is 0 Å². The molecule has 8 nitrogen and oxygen atoms in total. The van der Waals surface area contributed by atoms with Gasteiger partial charge in [0.25, 0.3) is 0 Å². The quantitative estimate of drug-likeness (QED) is 0.593. The summed E-state index contributed by atoms with van der Waals surface area (Å²) in [6, 6.07) is 0.706. The molecule has 5 unspecified atom stereocenters. The number of alkyl halides is 1. The van der Waals surface area contributed by atoms with Gasteiger partial charge in [-0.2, -0.15) is 5.10 Å². The summed E-state index contributed by atoms with van der Waals surface area (Å²) >= 11 is 7.87. The van der Waals surface area contributed by atoms with Gasteiger partial charge in [0.1, 0.15) is 24.8 Å². The van der Waals surface area contributed by atoms with Gasteiger partial charge in [0, 0.05) is 11.4 Å². The number of hydrogen-bond donors (Lipinski definition) is 1. The lowest BCUT2D eigenvalue weighted by Gasteiger charge is -2.31. The Balaban J connectivity index is 1.28. The van der Waals surface area contributed by atoms with Crippen molar-refractivity contribution in [3.8, 4) is 0 Å². The number of rotatable bonds is 6. The Morgan fingerprint density at radius 1 is 1.35 bits per heavy atom. The van der Waals surface area contributed by atoms with Crippen LogP contribution >= 0.6 is 23.4 Å². The highest BCUT2D eigenvalue weighted by molar-refractivity contribution is 8.09. The Morgan fingerprint density at radius 3 is 2.91 bits per heavy atom. The second-order valence-corrected chi connectivity index (χ2v) is 11.2. The molecule has 5 rings (SSSR count). The summed E-state index contributed by atoms with van der Waals surface area (Å²) < 4.78 is 5.54. The van der Waals surface area contributed by atoms with Gasteiger partial charge in [-0.25, -0.2) is 0 Å². The van der Waals surface area contributed by atoms with Crippen LogP contribution in [-0.4, -0.2) is 74.7 Å². The topological polar surface area (TPSA) is 101 Å². The summed E-state index contributed by atoms with van der Waals surface area (Å²) in [7, 11) is 0. The van der Waals surface area contributed by atoms with E-state index in [9.17, 15) is 14.4 Å². The van der Waals surface area contributed by atoms with Crippen LogP contribution in [0.5, 0.6) is 0 Å². The fourth-order valence-corrected chi connectivity index (χ4v) is 6.88. The number of hydrogen-bond acceptors (Lipinski definition) is 7. The Hall–Kier alpha value is -1.97. The van der Waals surface area contributed by atoms with E-state index in [0.717, 1.165) is 48.3 Å². The van der Waals surface area contributed by atoms with Crippen molar-refractivity contribution in [2.24, 2.45) is 5.92 Å². The van der Waals surface area contributed by atoms with Crippen molar-refractivity contribution in [2.75, 3.05) is 13.2 Å². The molecular formula is C24H29ClN4O4S. The van der Waals surface area contributed by atoms with Gasteiger partial charge in [-0.1, -0.05) is 25.8 Å². The number of fused-ring (bicyclic) bond motifs is 1. The van der Waals surface area contributed by atoms with Crippen LogP contribution in [0, 0.1) is 5.92 Å². The van der Waals surface area contributed by atoms with Crippen LogP contribution in [0.3, 0.4) is 0 Å². The highest BCUT2D eigenvalue weighted by Gasteiger charge is 2.53. The van der Waals surface area contributed by atoms with Crippen LogP contribution in [-0.2, 0) is 25.5 Å². The number of carbonyl (C=O) groups excluding carboxylic acids is 3. The third-order valence-electron chi connectivity index (χ3n) is 7.29. The molecule has 4 heterocycles. The first-order valence-corrected chi connectivity index (χ1v) is 13.4. The molecule has 1 aliphatic carbocycles. The number of likely N-dealkylation sites (tertiary alicyclic amines) is 1. The number of halogens is 1. The van der Waals surface area contributed by atoms with Gasteiger partial charge in [0.15, 0.2) is 5.78 Å². The van der Waals surface area contributed by atoms with Crippen LogP contribution < -0.4 is 5.32 Å². The molecule has 1 aromatic rings. The second kappa shape index (κ2) is 9.95. The summed E-state index contributed by atoms with van der Waals surface area (Å²) in [4.78, 5) is 41.9. The monoisotopic (exact) mass is 504 g/mol. The summed E-state index contributed by atoms with van der Waals surface area (Å²) in [5.74, 6) is -0.426. The van der Waals surface area contributed by atoms with Crippen molar-refractivity contribution in [1.29, 1.82) is 0 Å². The van der Waals surface area contributed by atoms with Gasteiger partial charge < -0.3 is 15.0 Å². The normalized spacial score (nSPS) is 29.9. The highest BCUT2D eigenvalue weighted by atomic mass is 35.5. The lowest BCUT2D eigenvalue weighted by atomic mass is 9.95. The van der Waals surface area contributed by atoms with E-state index in [-0.39, 0.29) is 41.9 Å². The van der Waals surface area contributed by atoms with Gasteiger partial charge in [-0.3, -0.25) is 14.4 Å². The van der Waals surface area contributed by atoms with Crippen molar-refractivity contribution in [1.82, 2.24) is 20.4 Å². The summed E-state index contributed by atoms with van der Waals surface area (Å²) in [5, 5.41) is 10.6. The molecule has 10 heteroatoms. The predicted molar refractivity (Wildman–Crippen MR) is 129 cm³/mol. The number of amides is 2. The molecule has 0 aromatic carbocycles. The molecule has 0 bridgehead atoms. The maximum atomic E-state index is 13.7. The zero-order chi connectivity index (χ0) is 23.8. The van der Waals surface area contributed by atoms with Gasteiger partial charge in [-0.05, 0) is 43.2 Å². The Labute approximate surface area is 208 Å². The minimum absolute atomic E-state index is 0.0158. The van der Waals surface area contributed by atoms with Crippen LogP contribution in [0.1, 0.15) is 50.3 Å². The third-order valence-corrected chi connectivity index (χ3v) is 9.00. The number of ketones is 1. The van der Waals surface area contributed by atoms with Crippen molar-refractivity contribution >= 4 is 45.9 Å². The fraction of sp³-hybridized carbons (Fsp3) is 0.625. The number of nitrogens with zero attached hydrogens (tertiary/aromatic N) is 3. The maximum Gasteiger partial charge on any atom is 0.246 e. The van der Waals surface area contributed by atoms with E-state index in [1.54, 1.807) is 11.1 Å². The number of aryl methyl sites for hydroxylation is 1. The molecule has 3 aliphatic heterocycles. The number of ether oxygens (including phenoxy) is 1. The van der Waals surface area contributed by atoms with E-state index in [4.69, 9.17) is 16.3 Å². The predicted octanol–water partition coefficient (Wildman–Crippen LogP) is 2.35. The van der Waals surface area contributed by atoms with E-state index in [0.29, 0.717) is 6.42 Å². The maximum absolute atomic E-state index is 13.7. The van der Waals surface area contributed by atoms with E-state index < -0.39 is 23.6 Å². The van der Waals surface area contributed by atoms with Crippen LogP contribution in [0.2, 0.25) is 0 Å². The van der Waals surface area contributed by atoms with Crippen LogP contribution in [0.4, 0.5) is 0 Å². The molecule has 0 spiro atoms. The first-order chi connectivity index (χ1) is 16.5. The lowest BCUT2D eigenvalue weighted by molar-refractivity contribution is -0.141. The molecule has 2 amide bonds. The summed E-state index contributed by atoms with van der Waals surface area (Å²) in [6.45, 7) is 2.31. The van der Waals surface area contributed by atoms with Gasteiger partial charge in [-0.15, -0.1) is 28.5 Å². The Bertz CT molecular complexity index is 1010. The third kappa shape index (κ3) is 4.50. The largest absolute Gasteiger partial charge is 0.366 e. The number of Topliss-reactive ketones (excluding diaryl/α,β-unsaturated/α-hetero) is 1. The van der Waals surface area contributed by atoms with Crippen LogP contribution in [0.25, 0.3) is 4.91 Å². The first kappa shape index (κ1) is 23.8. The summed E-state index contributed by atoms with van der Waals surface area (Å²) in [5.41, 5.74) is 1.87. The van der Waals surface area contributed by atoms with E-state index in [2.05, 4.69) is 22.4 Å². The van der Waals surface area contributed by atoms with E-state index in [1.165, 1.54) is 11.8 Å². The van der Waals surface area contributed by atoms with Crippen molar-refractivity contribution in [2.45, 2.75) is 74.3 Å². The summed E-state index contributed by atoms with van der Waals surface area (Å²) in [6.07, 6.45) is 8.57. The standard InChI is InChI=1S/C24H29ClN4O4S/c1-2-13-9-16(28-26-10-13)18-7-8-19(34-18)23(31)27-20(14-5-3-4-6-14)24(32)29-11-15(25)22-21(29)17(30)12-33-22/h7,9-10,14-15,19-22H,2-6,8,11-12H2,1H3,(H,27,31). The molecule has 182 valence electrons. The molecule has 2 saturated heterocycles. The van der Waals surface area contributed by atoms with E-state index in [1.807, 2.05) is 12.1 Å². The molecule has 0 radical (unpaired) electrons. The highest BCUT2D eigenvalue weighted by Crippen LogP contribution is 2.39. The SMILES string of the molecule is CCc1cnnc(C2=CCC(C(=O)NC(C(=O)N3CC(Cl)C4OCC(=O)C43)C3CCCC3)S2)c1. The zero-order valence-corrected chi connectivity index (χ0v) is 20.7. The molecule has 1 N–H and O–H groups in total. The molecule has 3 fully saturated rings. The lowest BCUT2D eigenvalue weighted by Crippen LogP contribution is -2.55. The van der Waals surface area contributed by atoms with Gasteiger partial charge >= 0.3 is 0 Å². The second-order valence-electron chi connectivity index (χ2n) is 9.44. The van der Waals surface area contributed by atoms with Crippen molar-refractivity contribution in [3.05, 3.63) is 29.6 Å². The minimum Gasteiger partial charge on any atom is -0.366 e. The molecule has 5 atom stereocenters. The van der Waals surface area contributed by atoms with Crippen LogP contribution in [0.15, 0.2) is 18.3 Å². The smallest absolute Gasteiger partial charge is 0.246 e. The first-order valence-electron chi connectivity index (χ1n) is 12.0. The fourth-order valence-electron chi connectivity index (χ4n) is 5.43. The number of thioether (sulfide) groups is 1. The van der Waals surface area contributed by atoms with E-state index >= 15 is 0 Å². The molecule has 1 aromatic heterocycles. The minimum atomic E-state index is -0.654. The number of allylic oxidation sites excluding steroid dienone is 1. The molecule has 1 saturated carbocycles. The zero-order valence-electron chi connectivity index (χ0n) is 19.1. The van der Waals surface area contributed by atoms with Gasteiger partial charge in [0.05, 0.1) is 22.5 Å². The average Bonchev–Trinajstić information content (AvgIpc) is 3.64.